The molecule has 0 amide bonds. The second-order valence-electron chi connectivity index (χ2n) is 5.57. The summed E-state index contributed by atoms with van der Waals surface area (Å²) >= 11 is 0. The molecule has 2 aromatic heterocycles. The lowest BCUT2D eigenvalue weighted by Crippen LogP contribution is -2.28. The van der Waals surface area contributed by atoms with Crippen molar-refractivity contribution in [2.75, 3.05) is 0 Å². The van der Waals surface area contributed by atoms with Crippen LogP contribution in [0.25, 0.3) is 11.2 Å². The first kappa shape index (κ1) is 15.5. The molecule has 0 aliphatic rings. The summed E-state index contributed by atoms with van der Waals surface area (Å²) in [4.78, 5) is 32.9. The van der Waals surface area contributed by atoms with Gasteiger partial charge in [-0.05, 0) is 6.42 Å². The molecule has 2 aromatic rings. The van der Waals surface area contributed by atoms with Crippen LogP contribution in [-0.4, -0.2) is 19.5 Å². The molecule has 2 heterocycles. The molecule has 0 unspecified atom stereocenters. The number of unbranched alkanes of at least 4 members (excludes halogenated alkanes) is 6. The van der Waals surface area contributed by atoms with E-state index in [9.17, 15) is 9.59 Å². The third kappa shape index (κ3) is 3.83. The Morgan fingerprint density at radius 1 is 1.00 bits per heavy atom. The van der Waals surface area contributed by atoms with Gasteiger partial charge in [-0.2, -0.15) is 0 Å². The van der Waals surface area contributed by atoms with Gasteiger partial charge in [0.05, 0.1) is 0 Å². The summed E-state index contributed by atoms with van der Waals surface area (Å²) in [6.07, 6.45) is 9.50. The molecule has 0 saturated carbocycles. The van der Waals surface area contributed by atoms with Gasteiger partial charge in [-0.1, -0.05) is 45.4 Å². The summed E-state index contributed by atoms with van der Waals surface area (Å²) in [7, 11) is 1.61. The van der Waals surface area contributed by atoms with Crippen molar-refractivity contribution in [2.24, 2.45) is 7.05 Å². The van der Waals surface area contributed by atoms with Crippen molar-refractivity contribution in [1.82, 2.24) is 19.5 Å². The van der Waals surface area contributed by atoms with Gasteiger partial charge in [0.25, 0.3) is 5.56 Å². The van der Waals surface area contributed by atoms with Crippen LogP contribution in [0.15, 0.2) is 9.59 Å². The lowest BCUT2D eigenvalue weighted by Gasteiger charge is -1.99. The fraction of sp³-hybridized carbons (Fsp3) is 0.667. The van der Waals surface area contributed by atoms with Crippen molar-refractivity contribution in [3.8, 4) is 0 Å². The van der Waals surface area contributed by atoms with E-state index in [0.29, 0.717) is 11.2 Å². The molecule has 6 nitrogen and oxygen atoms in total. The van der Waals surface area contributed by atoms with E-state index in [2.05, 4.69) is 21.9 Å². The maximum atomic E-state index is 11.7. The fourth-order valence-electron chi connectivity index (χ4n) is 2.52. The Morgan fingerprint density at radius 2 is 1.67 bits per heavy atom. The second kappa shape index (κ2) is 7.24. The predicted octanol–water partition coefficient (Wildman–Crippen LogP) is 2.24. The summed E-state index contributed by atoms with van der Waals surface area (Å²) in [5, 5.41) is 0. The highest BCUT2D eigenvalue weighted by Crippen LogP contribution is 2.10. The third-order valence-corrected chi connectivity index (χ3v) is 3.82. The molecule has 0 spiro atoms. The first-order valence-electron chi connectivity index (χ1n) is 7.81. The molecule has 0 atom stereocenters. The topological polar surface area (TPSA) is 83.5 Å². The van der Waals surface area contributed by atoms with Crippen molar-refractivity contribution in [2.45, 2.75) is 58.3 Å². The number of H-pyrrole nitrogens is 2. The summed E-state index contributed by atoms with van der Waals surface area (Å²) in [6, 6.07) is 0. The minimum Gasteiger partial charge on any atom is -0.336 e. The summed E-state index contributed by atoms with van der Waals surface area (Å²) in [6.45, 7) is 2.22. The lowest BCUT2D eigenvalue weighted by molar-refractivity contribution is 0.585. The van der Waals surface area contributed by atoms with Crippen LogP contribution in [0.3, 0.4) is 0 Å². The van der Waals surface area contributed by atoms with Crippen molar-refractivity contribution >= 4 is 11.2 Å². The van der Waals surface area contributed by atoms with E-state index in [1.807, 2.05) is 0 Å². The molecule has 2 N–H and O–H groups in total. The van der Waals surface area contributed by atoms with Crippen molar-refractivity contribution in [3.05, 3.63) is 26.7 Å². The van der Waals surface area contributed by atoms with Gasteiger partial charge in [-0.25, -0.2) is 9.78 Å². The van der Waals surface area contributed by atoms with E-state index in [4.69, 9.17) is 0 Å². The fourth-order valence-corrected chi connectivity index (χ4v) is 2.52. The molecule has 0 aliphatic carbocycles. The van der Waals surface area contributed by atoms with E-state index in [1.54, 1.807) is 7.05 Å². The Bertz CT molecular complexity index is 696. The zero-order valence-corrected chi connectivity index (χ0v) is 12.9. The Kier molecular flexibility index (Phi) is 5.36. The van der Waals surface area contributed by atoms with Gasteiger partial charge >= 0.3 is 5.69 Å². The zero-order chi connectivity index (χ0) is 15.2. The SMILES string of the molecule is CCCCCCCCCc1nc2c([nH]1)c(=O)[nH]c(=O)n2C. The van der Waals surface area contributed by atoms with Gasteiger partial charge in [0.2, 0.25) is 0 Å². The molecule has 116 valence electrons. The van der Waals surface area contributed by atoms with E-state index >= 15 is 0 Å². The van der Waals surface area contributed by atoms with Crippen LogP contribution in [0.1, 0.15) is 57.7 Å². The second-order valence-corrected chi connectivity index (χ2v) is 5.57. The van der Waals surface area contributed by atoms with Crippen LogP contribution in [0.4, 0.5) is 0 Å². The van der Waals surface area contributed by atoms with Crippen LogP contribution in [0, 0.1) is 0 Å². The average molecular weight is 292 g/mol. The molecule has 2 rings (SSSR count). The van der Waals surface area contributed by atoms with Gasteiger partial charge < -0.3 is 4.98 Å². The van der Waals surface area contributed by atoms with E-state index in [0.717, 1.165) is 18.7 Å². The Morgan fingerprint density at radius 3 is 2.38 bits per heavy atom. The molecular weight excluding hydrogens is 268 g/mol. The molecular formula is C15H24N4O2. The maximum Gasteiger partial charge on any atom is 0.329 e. The number of imidazole rings is 1. The molecule has 0 saturated heterocycles. The van der Waals surface area contributed by atoms with Crippen LogP contribution >= 0.6 is 0 Å². The number of rotatable bonds is 8. The van der Waals surface area contributed by atoms with E-state index in [1.165, 1.54) is 43.1 Å². The standard InChI is InChI=1S/C15H24N4O2/c1-3-4-5-6-7-8-9-10-11-16-12-13(17-11)19(2)15(21)18-14(12)20/h3-10H2,1-2H3,(H,16,17)(H,18,20,21). The van der Waals surface area contributed by atoms with Crippen LogP contribution < -0.4 is 11.2 Å². The highest BCUT2D eigenvalue weighted by Gasteiger charge is 2.10. The number of hydrogen-bond donors (Lipinski definition) is 2. The van der Waals surface area contributed by atoms with Crippen molar-refractivity contribution in [3.63, 3.8) is 0 Å². The molecule has 0 radical (unpaired) electrons. The molecule has 21 heavy (non-hydrogen) atoms. The van der Waals surface area contributed by atoms with Gasteiger partial charge in [-0.15, -0.1) is 0 Å². The molecule has 0 bridgehead atoms. The number of nitrogens with one attached hydrogen (secondary N) is 2. The van der Waals surface area contributed by atoms with E-state index < -0.39 is 11.2 Å². The Hall–Kier alpha value is -1.85. The van der Waals surface area contributed by atoms with Crippen molar-refractivity contribution < 1.29 is 0 Å². The smallest absolute Gasteiger partial charge is 0.329 e. The van der Waals surface area contributed by atoms with Gasteiger partial charge in [0.15, 0.2) is 5.65 Å². The number of aromatic amines is 2. The van der Waals surface area contributed by atoms with E-state index in [-0.39, 0.29) is 0 Å². The minimum absolute atomic E-state index is 0.384. The Balaban J connectivity index is 1.92. The Labute approximate surface area is 123 Å². The molecule has 0 aromatic carbocycles. The number of aryl methyl sites for hydroxylation is 2. The van der Waals surface area contributed by atoms with Crippen molar-refractivity contribution in [1.29, 1.82) is 0 Å². The monoisotopic (exact) mass is 292 g/mol. The normalized spacial score (nSPS) is 11.3. The van der Waals surface area contributed by atoms with Gasteiger partial charge in [-0.3, -0.25) is 14.3 Å². The largest absolute Gasteiger partial charge is 0.336 e. The minimum atomic E-state index is -0.429. The average Bonchev–Trinajstić information content (AvgIpc) is 2.89. The zero-order valence-electron chi connectivity index (χ0n) is 12.9. The highest BCUT2D eigenvalue weighted by molar-refractivity contribution is 5.69. The summed E-state index contributed by atoms with van der Waals surface area (Å²) in [5.74, 6) is 0.783. The highest BCUT2D eigenvalue weighted by atomic mass is 16.2. The number of nitrogens with zero attached hydrogens (tertiary/aromatic N) is 2. The predicted molar refractivity (Wildman–Crippen MR) is 83.7 cm³/mol. The number of hydrogen-bond acceptors (Lipinski definition) is 3. The molecule has 0 fully saturated rings. The third-order valence-electron chi connectivity index (χ3n) is 3.82. The summed E-state index contributed by atoms with van der Waals surface area (Å²) < 4.78 is 1.36. The summed E-state index contributed by atoms with van der Waals surface area (Å²) in [5.41, 5.74) is -0.00960. The quantitative estimate of drug-likeness (QED) is 0.732. The van der Waals surface area contributed by atoms with Gasteiger partial charge in [0.1, 0.15) is 11.3 Å². The van der Waals surface area contributed by atoms with Gasteiger partial charge in [0, 0.05) is 13.5 Å². The lowest BCUT2D eigenvalue weighted by atomic mass is 10.1. The number of fused-ring (bicyclic) bond motifs is 1. The van der Waals surface area contributed by atoms with Crippen LogP contribution in [-0.2, 0) is 13.5 Å². The van der Waals surface area contributed by atoms with Crippen LogP contribution in [0.2, 0.25) is 0 Å². The molecule has 0 aliphatic heterocycles. The maximum absolute atomic E-state index is 11.7. The molecule has 6 heteroatoms. The first-order chi connectivity index (χ1) is 10.1. The number of aromatic nitrogens is 4. The first-order valence-corrected chi connectivity index (χ1v) is 7.81. The van der Waals surface area contributed by atoms with Crippen LogP contribution in [0.5, 0.6) is 0 Å².